The Kier molecular flexibility index (Phi) is 8.74. The minimum atomic E-state index is -3.25. The molecule has 0 saturated carbocycles. The highest BCUT2D eigenvalue weighted by molar-refractivity contribution is 14.0. The van der Waals surface area contributed by atoms with Gasteiger partial charge in [-0.2, -0.15) is 0 Å². The maximum Gasteiger partial charge on any atom is 0.193 e. The van der Waals surface area contributed by atoms with Gasteiger partial charge in [-0.3, -0.25) is 4.99 Å². The van der Waals surface area contributed by atoms with Crippen molar-refractivity contribution in [3.63, 3.8) is 0 Å². The average molecular weight is 499 g/mol. The molecule has 1 heterocycles. The first kappa shape index (κ1) is 23.1. The second-order valence-electron chi connectivity index (χ2n) is 6.45. The Morgan fingerprint density at radius 2 is 2.04 bits per heavy atom. The maximum absolute atomic E-state index is 13.3. The first-order valence-electron chi connectivity index (χ1n) is 8.21. The molecular weight excluding hydrogens is 472 g/mol. The number of ether oxygens (including phenoxy) is 1. The predicted octanol–water partition coefficient (Wildman–Crippen LogP) is 2.04. The van der Waals surface area contributed by atoms with E-state index in [1.807, 2.05) is 18.0 Å². The molecule has 0 atom stereocenters. The van der Waals surface area contributed by atoms with E-state index >= 15 is 0 Å². The molecule has 1 aliphatic heterocycles. The first-order valence-corrected chi connectivity index (χ1v) is 10.1. The van der Waals surface area contributed by atoms with Crippen molar-refractivity contribution in [3.05, 3.63) is 35.6 Å². The third-order valence-electron chi connectivity index (χ3n) is 4.64. The van der Waals surface area contributed by atoms with E-state index in [9.17, 15) is 12.8 Å². The first-order chi connectivity index (χ1) is 11.8. The van der Waals surface area contributed by atoms with Gasteiger partial charge in [0.2, 0.25) is 0 Å². The van der Waals surface area contributed by atoms with E-state index < -0.39 is 14.6 Å². The Hall–Kier alpha value is -0.940. The van der Waals surface area contributed by atoms with Gasteiger partial charge in [-0.25, -0.2) is 12.8 Å². The summed E-state index contributed by atoms with van der Waals surface area (Å²) in [5.41, 5.74) is 0.814. The molecular formula is C17H27FIN3O3S. The molecule has 2 rings (SSSR count). The Balaban J connectivity index is 0.00000338. The number of aliphatic imine (C=N–C) groups is 1. The fourth-order valence-corrected chi connectivity index (χ4v) is 4.27. The second kappa shape index (κ2) is 9.84. The van der Waals surface area contributed by atoms with Crippen LogP contribution in [0.3, 0.4) is 0 Å². The molecule has 0 bridgehead atoms. The topological polar surface area (TPSA) is 71.0 Å². The standard InChI is InChI=1S/C17H26FN3O3S.HI/c1-19-16(21(2)12-14-5-4-6-15(18)11-14)20-13-17(25(3,22)23)7-9-24-10-8-17;/h4-6,11H,7-10,12-13H2,1-3H3,(H,19,20);1H. The summed E-state index contributed by atoms with van der Waals surface area (Å²) >= 11 is 0. The molecule has 0 amide bonds. The van der Waals surface area contributed by atoms with Crippen molar-refractivity contribution in [1.82, 2.24) is 10.2 Å². The number of rotatable bonds is 5. The minimum absolute atomic E-state index is 0. The van der Waals surface area contributed by atoms with E-state index in [4.69, 9.17) is 4.74 Å². The van der Waals surface area contributed by atoms with E-state index in [1.165, 1.54) is 18.4 Å². The molecule has 9 heteroatoms. The van der Waals surface area contributed by atoms with Gasteiger partial charge in [0.25, 0.3) is 0 Å². The van der Waals surface area contributed by atoms with Crippen LogP contribution >= 0.6 is 24.0 Å². The smallest absolute Gasteiger partial charge is 0.193 e. The Morgan fingerprint density at radius 1 is 1.38 bits per heavy atom. The normalized spacial score (nSPS) is 17.3. The van der Waals surface area contributed by atoms with Crippen LogP contribution in [0.4, 0.5) is 4.39 Å². The molecule has 1 aliphatic rings. The summed E-state index contributed by atoms with van der Waals surface area (Å²) < 4.78 is 42.4. The van der Waals surface area contributed by atoms with E-state index in [-0.39, 0.29) is 36.3 Å². The predicted molar refractivity (Wildman–Crippen MR) is 112 cm³/mol. The van der Waals surface area contributed by atoms with Crippen molar-refractivity contribution in [2.45, 2.75) is 24.1 Å². The fourth-order valence-electron chi connectivity index (χ4n) is 3.03. The summed E-state index contributed by atoms with van der Waals surface area (Å²) in [7, 11) is 0.224. The van der Waals surface area contributed by atoms with Crippen LogP contribution in [0.2, 0.25) is 0 Å². The van der Waals surface area contributed by atoms with Crippen LogP contribution < -0.4 is 5.32 Å². The number of guanidine groups is 1. The van der Waals surface area contributed by atoms with Crippen LogP contribution in [0, 0.1) is 5.82 Å². The van der Waals surface area contributed by atoms with E-state index in [2.05, 4.69) is 10.3 Å². The molecule has 1 aromatic carbocycles. The van der Waals surface area contributed by atoms with Gasteiger partial charge in [0, 0.05) is 46.7 Å². The van der Waals surface area contributed by atoms with Crippen LogP contribution in [0.5, 0.6) is 0 Å². The molecule has 1 saturated heterocycles. The summed E-state index contributed by atoms with van der Waals surface area (Å²) in [5, 5.41) is 3.17. The number of hydrogen-bond acceptors (Lipinski definition) is 4. The lowest BCUT2D eigenvalue weighted by Crippen LogP contribution is -2.53. The quantitative estimate of drug-likeness (QED) is 0.382. The van der Waals surface area contributed by atoms with Gasteiger partial charge in [-0.1, -0.05) is 12.1 Å². The van der Waals surface area contributed by atoms with Gasteiger partial charge < -0.3 is 15.0 Å². The fraction of sp³-hybridized carbons (Fsp3) is 0.588. The zero-order chi connectivity index (χ0) is 18.5. The molecule has 0 aromatic heterocycles. The zero-order valence-corrected chi connectivity index (χ0v) is 18.5. The molecule has 26 heavy (non-hydrogen) atoms. The largest absolute Gasteiger partial charge is 0.381 e. The Bertz CT molecular complexity index is 722. The highest BCUT2D eigenvalue weighted by Crippen LogP contribution is 2.28. The zero-order valence-electron chi connectivity index (χ0n) is 15.4. The van der Waals surface area contributed by atoms with Crippen molar-refractivity contribution in [1.29, 1.82) is 0 Å². The number of nitrogens with zero attached hydrogens (tertiary/aromatic N) is 2. The molecule has 0 unspecified atom stereocenters. The van der Waals surface area contributed by atoms with Crippen LogP contribution in [-0.2, 0) is 21.1 Å². The molecule has 0 aliphatic carbocycles. The molecule has 1 aromatic rings. The minimum Gasteiger partial charge on any atom is -0.381 e. The third-order valence-corrected chi connectivity index (χ3v) is 6.77. The van der Waals surface area contributed by atoms with Gasteiger partial charge in [-0.05, 0) is 30.5 Å². The molecule has 148 valence electrons. The van der Waals surface area contributed by atoms with Crippen molar-refractivity contribution in [2.75, 3.05) is 40.1 Å². The van der Waals surface area contributed by atoms with E-state index in [0.29, 0.717) is 38.6 Å². The van der Waals surface area contributed by atoms with Crippen LogP contribution in [0.1, 0.15) is 18.4 Å². The summed E-state index contributed by atoms with van der Waals surface area (Å²) in [5.74, 6) is 0.283. The van der Waals surface area contributed by atoms with Gasteiger partial charge >= 0.3 is 0 Å². The average Bonchev–Trinajstić information content (AvgIpc) is 2.55. The van der Waals surface area contributed by atoms with Crippen LogP contribution in [0.15, 0.2) is 29.3 Å². The van der Waals surface area contributed by atoms with Gasteiger partial charge in [0.1, 0.15) is 5.82 Å². The summed E-state index contributed by atoms with van der Waals surface area (Å²) in [6.45, 7) is 1.61. The van der Waals surface area contributed by atoms with Crippen molar-refractivity contribution in [2.24, 2.45) is 4.99 Å². The molecule has 0 spiro atoms. The summed E-state index contributed by atoms with van der Waals surface area (Å²) in [6.07, 6.45) is 2.20. The second-order valence-corrected chi connectivity index (χ2v) is 8.86. The lowest BCUT2D eigenvalue weighted by Gasteiger charge is -2.36. The molecule has 0 radical (unpaired) electrons. The molecule has 1 fully saturated rings. The maximum atomic E-state index is 13.3. The van der Waals surface area contributed by atoms with Gasteiger partial charge in [-0.15, -0.1) is 24.0 Å². The Labute approximate surface area is 172 Å². The number of nitrogens with one attached hydrogen (secondary N) is 1. The molecule has 6 nitrogen and oxygen atoms in total. The van der Waals surface area contributed by atoms with Crippen LogP contribution in [0.25, 0.3) is 0 Å². The van der Waals surface area contributed by atoms with Crippen molar-refractivity contribution in [3.8, 4) is 0 Å². The summed E-state index contributed by atoms with van der Waals surface area (Å²) in [6, 6.07) is 6.37. The number of sulfone groups is 1. The Morgan fingerprint density at radius 3 is 2.58 bits per heavy atom. The highest BCUT2D eigenvalue weighted by atomic mass is 127. The van der Waals surface area contributed by atoms with Crippen molar-refractivity contribution >= 4 is 39.8 Å². The number of benzene rings is 1. The lowest BCUT2D eigenvalue weighted by atomic mass is 9.99. The van der Waals surface area contributed by atoms with Crippen molar-refractivity contribution < 1.29 is 17.5 Å². The van der Waals surface area contributed by atoms with Gasteiger partial charge in [0.15, 0.2) is 15.8 Å². The molecule has 1 N–H and O–H groups in total. The van der Waals surface area contributed by atoms with E-state index in [1.54, 1.807) is 13.1 Å². The van der Waals surface area contributed by atoms with E-state index in [0.717, 1.165) is 5.56 Å². The lowest BCUT2D eigenvalue weighted by molar-refractivity contribution is 0.0755. The number of hydrogen-bond donors (Lipinski definition) is 1. The number of halogens is 2. The monoisotopic (exact) mass is 499 g/mol. The SMILES string of the molecule is CN=C(NCC1(S(C)(=O)=O)CCOCC1)N(C)Cc1cccc(F)c1.I. The summed E-state index contributed by atoms with van der Waals surface area (Å²) in [4.78, 5) is 6.05. The third kappa shape index (κ3) is 5.78. The van der Waals surface area contributed by atoms with Gasteiger partial charge in [0.05, 0.1) is 4.75 Å². The highest BCUT2D eigenvalue weighted by Gasteiger charge is 2.42. The van der Waals surface area contributed by atoms with Crippen LogP contribution in [-0.4, -0.2) is 64.1 Å².